The van der Waals surface area contributed by atoms with Crippen molar-refractivity contribution in [2.45, 2.75) is 61.3 Å². The summed E-state index contributed by atoms with van der Waals surface area (Å²) in [5, 5.41) is 0.288. The summed E-state index contributed by atoms with van der Waals surface area (Å²) >= 11 is 0. The molecule has 0 unspecified atom stereocenters. The zero-order valence-electron chi connectivity index (χ0n) is 18.4. The highest BCUT2D eigenvalue weighted by atomic mass is 31.2. The number of hydrogen-bond acceptors (Lipinski definition) is 7. The van der Waals surface area contributed by atoms with Gasteiger partial charge in [-0.2, -0.15) is 0 Å². The molecule has 7 nitrogen and oxygen atoms in total. The molecular formula is C21H33O7P. The Morgan fingerprint density at radius 1 is 0.828 bits per heavy atom. The SMILES string of the molecule is CCCc1ccc(P(=O)(OCOC(=O)C(C)(C)C)OCOC(=O)C(C)(C)C)cc1. The summed E-state index contributed by atoms with van der Waals surface area (Å²) in [6.45, 7) is 11.2. The summed E-state index contributed by atoms with van der Waals surface area (Å²) in [4.78, 5) is 23.8. The molecule has 0 aromatic heterocycles. The Hall–Kier alpha value is -1.69. The van der Waals surface area contributed by atoms with Gasteiger partial charge in [0.25, 0.3) is 0 Å². The number of aryl methyl sites for hydroxylation is 1. The van der Waals surface area contributed by atoms with Crippen LogP contribution in [-0.4, -0.2) is 25.5 Å². The minimum Gasteiger partial charge on any atom is -0.438 e. The van der Waals surface area contributed by atoms with Gasteiger partial charge in [-0.05, 0) is 65.7 Å². The lowest BCUT2D eigenvalue weighted by Gasteiger charge is -2.22. The summed E-state index contributed by atoms with van der Waals surface area (Å²) in [6.07, 6.45) is 1.87. The Kier molecular flexibility index (Phi) is 9.07. The van der Waals surface area contributed by atoms with Gasteiger partial charge in [-0.25, -0.2) is 0 Å². The fraction of sp³-hybridized carbons (Fsp3) is 0.619. The smallest absolute Gasteiger partial charge is 0.367 e. The minimum absolute atomic E-state index is 0.288. The zero-order chi connectivity index (χ0) is 22.3. The summed E-state index contributed by atoms with van der Waals surface area (Å²) < 4.78 is 34.1. The van der Waals surface area contributed by atoms with Gasteiger partial charge < -0.3 is 9.47 Å². The molecule has 0 fully saturated rings. The topological polar surface area (TPSA) is 88.1 Å². The van der Waals surface area contributed by atoms with Crippen molar-refractivity contribution in [3.05, 3.63) is 29.8 Å². The molecule has 29 heavy (non-hydrogen) atoms. The summed E-state index contributed by atoms with van der Waals surface area (Å²) in [5.74, 6) is -0.997. The lowest BCUT2D eigenvalue weighted by molar-refractivity contribution is -0.161. The van der Waals surface area contributed by atoms with Crippen molar-refractivity contribution in [1.29, 1.82) is 0 Å². The van der Waals surface area contributed by atoms with Crippen LogP contribution < -0.4 is 5.30 Å². The fourth-order valence-electron chi connectivity index (χ4n) is 2.05. The minimum atomic E-state index is -3.88. The van der Waals surface area contributed by atoms with Gasteiger partial charge in [0, 0.05) is 0 Å². The monoisotopic (exact) mass is 428 g/mol. The second-order valence-electron chi connectivity index (χ2n) is 8.77. The average Bonchev–Trinajstić information content (AvgIpc) is 2.60. The molecular weight excluding hydrogens is 395 g/mol. The van der Waals surface area contributed by atoms with E-state index < -0.39 is 44.0 Å². The van der Waals surface area contributed by atoms with E-state index in [1.54, 1.807) is 53.7 Å². The zero-order valence-corrected chi connectivity index (χ0v) is 19.3. The Bertz CT molecular complexity index is 691. The second-order valence-corrected chi connectivity index (χ2v) is 10.8. The Morgan fingerprint density at radius 2 is 1.24 bits per heavy atom. The number of esters is 2. The molecule has 1 aromatic rings. The van der Waals surface area contributed by atoms with Crippen LogP contribution in [0.25, 0.3) is 0 Å². The molecule has 0 saturated carbocycles. The van der Waals surface area contributed by atoms with Gasteiger partial charge in [0.15, 0.2) is 0 Å². The molecule has 0 amide bonds. The van der Waals surface area contributed by atoms with Crippen molar-refractivity contribution in [3.63, 3.8) is 0 Å². The van der Waals surface area contributed by atoms with Crippen LogP contribution in [-0.2, 0) is 39.1 Å². The van der Waals surface area contributed by atoms with Crippen LogP contribution in [0.5, 0.6) is 0 Å². The van der Waals surface area contributed by atoms with Crippen LogP contribution >= 0.6 is 7.60 Å². The number of benzene rings is 1. The standard InChI is InChI=1S/C21H33O7P/c1-8-9-16-10-12-17(13-11-16)29(24,27-14-25-18(22)20(2,3)4)28-15-26-19(23)21(5,6)7/h10-13H,8-9,14-15H2,1-7H3. The molecule has 0 heterocycles. The maximum atomic E-state index is 13.3. The van der Waals surface area contributed by atoms with E-state index in [-0.39, 0.29) is 5.30 Å². The molecule has 1 rings (SSSR count). The van der Waals surface area contributed by atoms with Gasteiger partial charge in [0.05, 0.1) is 16.1 Å². The second kappa shape index (κ2) is 10.4. The van der Waals surface area contributed by atoms with Gasteiger partial charge >= 0.3 is 19.5 Å². The molecule has 0 N–H and O–H groups in total. The van der Waals surface area contributed by atoms with E-state index in [0.717, 1.165) is 18.4 Å². The molecule has 1 aromatic carbocycles. The Balaban J connectivity index is 2.90. The Morgan fingerprint density at radius 3 is 1.59 bits per heavy atom. The van der Waals surface area contributed by atoms with E-state index in [9.17, 15) is 14.2 Å². The van der Waals surface area contributed by atoms with Gasteiger partial charge in [0.1, 0.15) is 0 Å². The van der Waals surface area contributed by atoms with Crippen molar-refractivity contribution in [1.82, 2.24) is 0 Å². The molecule has 0 aliphatic carbocycles. The maximum absolute atomic E-state index is 13.3. The number of ether oxygens (including phenoxy) is 2. The number of rotatable bonds is 9. The highest BCUT2D eigenvalue weighted by Gasteiger charge is 2.31. The van der Waals surface area contributed by atoms with Crippen LogP contribution in [0, 0.1) is 10.8 Å². The van der Waals surface area contributed by atoms with Crippen LogP contribution in [0.3, 0.4) is 0 Å². The van der Waals surface area contributed by atoms with Gasteiger partial charge in [0.2, 0.25) is 13.6 Å². The first-order valence-corrected chi connectivity index (χ1v) is 11.2. The number of hydrogen-bond donors (Lipinski definition) is 0. The first kappa shape index (κ1) is 25.3. The highest BCUT2D eigenvalue weighted by molar-refractivity contribution is 7.62. The maximum Gasteiger partial charge on any atom is 0.367 e. The van der Waals surface area contributed by atoms with E-state index in [1.165, 1.54) is 0 Å². The third-order valence-corrected chi connectivity index (χ3v) is 5.66. The molecule has 0 saturated heterocycles. The molecule has 0 atom stereocenters. The summed E-state index contributed by atoms with van der Waals surface area (Å²) in [7, 11) is -3.88. The lowest BCUT2D eigenvalue weighted by Crippen LogP contribution is -2.25. The first-order valence-electron chi connectivity index (χ1n) is 9.62. The van der Waals surface area contributed by atoms with Crippen molar-refractivity contribution < 1.29 is 32.7 Å². The third kappa shape index (κ3) is 8.29. The van der Waals surface area contributed by atoms with E-state index in [4.69, 9.17) is 18.5 Å². The molecule has 0 aliphatic heterocycles. The van der Waals surface area contributed by atoms with Gasteiger partial charge in [-0.15, -0.1) is 0 Å². The predicted molar refractivity (Wildman–Crippen MR) is 111 cm³/mol. The largest absolute Gasteiger partial charge is 0.438 e. The number of carbonyl (C=O) groups excluding carboxylic acids is 2. The van der Waals surface area contributed by atoms with Gasteiger partial charge in [-0.3, -0.25) is 23.2 Å². The molecule has 0 spiro atoms. The van der Waals surface area contributed by atoms with Crippen LogP contribution in [0.15, 0.2) is 24.3 Å². The van der Waals surface area contributed by atoms with Crippen LogP contribution in [0.4, 0.5) is 0 Å². The lowest BCUT2D eigenvalue weighted by atomic mass is 9.98. The highest BCUT2D eigenvalue weighted by Crippen LogP contribution is 2.47. The van der Waals surface area contributed by atoms with E-state index in [1.807, 2.05) is 12.1 Å². The van der Waals surface area contributed by atoms with Crippen molar-refractivity contribution in [3.8, 4) is 0 Å². The Labute approximate surface area is 173 Å². The van der Waals surface area contributed by atoms with Crippen molar-refractivity contribution >= 4 is 24.8 Å². The quantitative estimate of drug-likeness (QED) is 0.323. The molecule has 0 radical (unpaired) electrons. The summed E-state index contributed by atoms with van der Waals surface area (Å²) in [6, 6.07) is 6.95. The predicted octanol–water partition coefficient (Wildman–Crippen LogP) is 4.58. The van der Waals surface area contributed by atoms with Crippen molar-refractivity contribution in [2.75, 3.05) is 13.6 Å². The van der Waals surface area contributed by atoms with Crippen molar-refractivity contribution in [2.24, 2.45) is 10.8 Å². The first-order chi connectivity index (χ1) is 13.3. The summed E-state index contributed by atoms with van der Waals surface area (Å²) in [5.41, 5.74) is -0.364. The molecule has 0 aliphatic rings. The van der Waals surface area contributed by atoms with Gasteiger partial charge in [-0.1, -0.05) is 25.5 Å². The number of carbonyl (C=O) groups is 2. The van der Waals surface area contributed by atoms with E-state index in [0.29, 0.717) is 0 Å². The normalized spacial score (nSPS) is 12.5. The third-order valence-electron chi connectivity index (χ3n) is 3.84. The average molecular weight is 428 g/mol. The van der Waals surface area contributed by atoms with E-state index in [2.05, 4.69) is 6.92 Å². The van der Waals surface area contributed by atoms with E-state index >= 15 is 0 Å². The van der Waals surface area contributed by atoms with Crippen LogP contribution in [0.1, 0.15) is 60.5 Å². The molecule has 8 heteroatoms. The van der Waals surface area contributed by atoms with Crippen LogP contribution in [0.2, 0.25) is 0 Å². The molecule has 164 valence electrons. The fourth-order valence-corrected chi connectivity index (χ4v) is 3.32. The molecule has 0 bridgehead atoms.